The van der Waals surface area contributed by atoms with Crippen molar-refractivity contribution in [3.8, 4) is 0 Å². The third kappa shape index (κ3) is 1.30. The first-order valence-electron chi connectivity index (χ1n) is 3.24. The van der Waals surface area contributed by atoms with Crippen LogP contribution < -0.4 is 5.73 Å². The van der Waals surface area contributed by atoms with Gasteiger partial charge in [-0.15, -0.1) is 0 Å². The maximum atomic E-state index is 5.63. The molecule has 1 atom stereocenters. The van der Waals surface area contributed by atoms with Gasteiger partial charge in [0, 0.05) is 23.5 Å². The second-order valence-electron chi connectivity index (χ2n) is 2.35. The van der Waals surface area contributed by atoms with Crippen LogP contribution in [0.4, 0.5) is 0 Å². The summed E-state index contributed by atoms with van der Waals surface area (Å²) >= 11 is 0. The summed E-state index contributed by atoms with van der Waals surface area (Å²) in [6.07, 6.45) is 3.29. The van der Waals surface area contributed by atoms with Gasteiger partial charge in [-0.25, -0.2) is 9.97 Å². The second-order valence-corrected chi connectivity index (χ2v) is 2.35. The first-order valence-corrected chi connectivity index (χ1v) is 3.24. The van der Waals surface area contributed by atoms with Crippen molar-refractivity contribution in [2.24, 2.45) is 5.73 Å². The van der Waals surface area contributed by atoms with E-state index in [2.05, 4.69) is 9.97 Å². The lowest BCUT2D eigenvalue weighted by Crippen LogP contribution is -2.08. The van der Waals surface area contributed by atoms with E-state index in [9.17, 15) is 0 Å². The quantitative estimate of drug-likeness (QED) is 0.623. The van der Waals surface area contributed by atoms with Crippen molar-refractivity contribution in [3.63, 3.8) is 0 Å². The van der Waals surface area contributed by atoms with Crippen LogP contribution >= 0.6 is 0 Å². The average Bonchev–Trinajstić information content (AvgIpc) is 1.88. The molecule has 1 unspecified atom stereocenters. The summed E-state index contributed by atoms with van der Waals surface area (Å²) in [5.41, 5.74) is 7.61. The Balaban J connectivity index is 3.03. The fourth-order valence-corrected chi connectivity index (χ4v) is 0.849. The molecule has 54 valence electrons. The summed E-state index contributed by atoms with van der Waals surface area (Å²) in [4.78, 5) is 7.88. The molecule has 0 aliphatic carbocycles. The fraction of sp³-hybridized carbons (Fsp3) is 0.429. The minimum atomic E-state index is 0.0289. The molecular weight excluding hydrogens is 126 g/mol. The predicted molar refractivity (Wildman–Crippen MR) is 39.4 cm³/mol. The van der Waals surface area contributed by atoms with Crippen LogP contribution in [0.2, 0.25) is 0 Å². The van der Waals surface area contributed by atoms with Crippen LogP contribution in [0.25, 0.3) is 0 Å². The number of rotatable bonds is 1. The summed E-state index contributed by atoms with van der Waals surface area (Å²) in [5.74, 6) is 0. The van der Waals surface area contributed by atoms with E-state index < -0.39 is 0 Å². The lowest BCUT2D eigenvalue weighted by Gasteiger charge is -2.05. The zero-order valence-electron chi connectivity index (χ0n) is 6.20. The maximum Gasteiger partial charge on any atom is 0.115 e. The molecule has 0 bridgehead atoms. The molecule has 0 fully saturated rings. The molecule has 1 rings (SSSR count). The SMILES string of the molecule is Cc1ncncc1C(C)N. The minimum absolute atomic E-state index is 0.0289. The highest BCUT2D eigenvalue weighted by molar-refractivity contribution is 5.17. The Morgan fingerprint density at radius 3 is 2.70 bits per heavy atom. The van der Waals surface area contributed by atoms with E-state index in [-0.39, 0.29) is 6.04 Å². The van der Waals surface area contributed by atoms with Crippen molar-refractivity contribution in [2.75, 3.05) is 0 Å². The summed E-state index contributed by atoms with van der Waals surface area (Å²) in [5, 5.41) is 0. The monoisotopic (exact) mass is 137 g/mol. The number of hydrogen-bond acceptors (Lipinski definition) is 3. The van der Waals surface area contributed by atoms with E-state index in [4.69, 9.17) is 5.73 Å². The summed E-state index contributed by atoms with van der Waals surface area (Å²) in [7, 11) is 0. The molecule has 0 spiro atoms. The molecule has 3 nitrogen and oxygen atoms in total. The highest BCUT2D eigenvalue weighted by atomic mass is 14.8. The second kappa shape index (κ2) is 2.75. The van der Waals surface area contributed by atoms with Gasteiger partial charge >= 0.3 is 0 Å². The summed E-state index contributed by atoms with van der Waals surface area (Å²) < 4.78 is 0. The summed E-state index contributed by atoms with van der Waals surface area (Å²) in [6, 6.07) is 0.0289. The number of aryl methyl sites for hydroxylation is 1. The maximum absolute atomic E-state index is 5.63. The number of aromatic nitrogens is 2. The smallest absolute Gasteiger partial charge is 0.115 e. The van der Waals surface area contributed by atoms with E-state index in [1.165, 1.54) is 6.33 Å². The van der Waals surface area contributed by atoms with Crippen molar-refractivity contribution < 1.29 is 0 Å². The van der Waals surface area contributed by atoms with Crippen LogP contribution in [0, 0.1) is 6.92 Å². The Morgan fingerprint density at radius 1 is 1.60 bits per heavy atom. The molecule has 10 heavy (non-hydrogen) atoms. The molecule has 0 aromatic carbocycles. The highest BCUT2D eigenvalue weighted by Gasteiger charge is 2.02. The first kappa shape index (κ1) is 7.15. The number of nitrogens with two attached hydrogens (primary N) is 1. The van der Waals surface area contributed by atoms with Crippen LogP contribution in [-0.2, 0) is 0 Å². The third-order valence-electron chi connectivity index (χ3n) is 1.44. The Kier molecular flexibility index (Phi) is 1.97. The zero-order chi connectivity index (χ0) is 7.56. The molecule has 2 N–H and O–H groups in total. The van der Waals surface area contributed by atoms with Gasteiger partial charge in [0.05, 0.1) is 0 Å². The Bertz CT molecular complexity index is 220. The fourth-order valence-electron chi connectivity index (χ4n) is 0.849. The van der Waals surface area contributed by atoms with Crippen LogP contribution in [0.15, 0.2) is 12.5 Å². The predicted octanol–water partition coefficient (Wildman–Crippen LogP) is 0.805. The average molecular weight is 137 g/mol. The van der Waals surface area contributed by atoms with Crippen LogP contribution in [0.5, 0.6) is 0 Å². The molecule has 1 aromatic heterocycles. The largest absolute Gasteiger partial charge is 0.324 e. The first-order chi connectivity index (χ1) is 4.72. The van der Waals surface area contributed by atoms with Gasteiger partial charge in [0.2, 0.25) is 0 Å². The van der Waals surface area contributed by atoms with Gasteiger partial charge in [-0.1, -0.05) is 0 Å². The van der Waals surface area contributed by atoms with Crippen LogP contribution in [0.1, 0.15) is 24.2 Å². The molecule has 1 heterocycles. The van der Waals surface area contributed by atoms with Gasteiger partial charge in [-0.2, -0.15) is 0 Å². The topological polar surface area (TPSA) is 51.8 Å². The molecule has 0 radical (unpaired) electrons. The highest BCUT2D eigenvalue weighted by Crippen LogP contribution is 2.09. The van der Waals surface area contributed by atoms with Gasteiger partial charge in [-0.05, 0) is 13.8 Å². The molecule has 0 aliphatic heterocycles. The molecule has 1 aromatic rings. The Labute approximate surface area is 60.3 Å². The molecule has 0 saturated heterocycles. The van der Waals surface area contributed by atoms with Gasteiger partial charge in [0.25, 0.3) is 0 Å². The van der Waals surface area contributed by atoms with Crippen molar-refractivity contribution >= 4 is 0 Å². The molecular formula is C7H11N3. The van der Waals surface area contributed by atoms with E-state index in [0.717, 1.165) is 11.3 Å². The lowest BCUT2D eigenvalue weighted by atomic mass is 10.1. The molecule has 0 saturated carbocycles. The Hall–Kier alpha value is -0.960. The minimum Gasteiger partial charge on any atom is -0.324 e. The van der Waals surface area contributed by atoms with Crippen molar-refractivity contribution in [2.45, 2.75) is 19.9 Å². The van der Waals surface area contributed by atoms with Gasteiger partial charge in [0.15, 0.2) is 0 Å². The van der Waals surface area contributed by atoms with Crippen molar-refractivity contribution in [1.82, 2.24) is 9.97 Å². The van der Waals surface area contributed by atoms with Crippen molar-refractivity contribution in [3.05, 3.63) is 23.8 Å². The molecule has 0 amide bonds. The number of hydrogen-bond donors (Lipinski definition) is 1. The standard InChI is InChI=1S/C7H11N3/c1-5(8)7-3-9-4-10-6(7)2/h3-5H,8H2,1-2H3. The van der Waals surface area contributed by atoms with Gasteiger partial charge in [0.1, 0.15) is 6.33 Å². The third-order valence-corrected chi connectivity index (χ3v) is 1.44. The molecule has 3 heteroatoms. The Morgan fingerprint density at radius 2 is 2.30 bits per heavy atom. The van der Waals surface area contributed by atoms with Crippen LogP contribution in [0.3, 0.4) is 0 Å². The van der Waals surface area contributed by atoms with E-state index in [1.807, 2.05) is 13.8 Å². The van der Waals surface area contributed by atoms with E-state index in [1.54, 1.807) is 6.20 Å². The van der Waals surface area contributed by atoms with E-state index >= 15 is 0 Å². The van der Waals surface area contributed by atoms with Crippen LogP contribution in [-0.4, -0.2) is 9.97 Å². The van der Waals surface area contributed by atoms with Gasteiger partial charge < -0.3 is 5.73 Å². The van der Waals surface area contributed by atoms with Gasteiger partial charge in [-0.3, -0.25) is 0 Å². The number of nitrogens with zero attached hydrogens (tertiary/aromatic N) is 2. The normalized spacial score (nSPS) is 13.1. The summed E-state index contributed by atoms with van der Waals surface area (Å²) in [6.45, 7) is 3.85. The molecule has 0 aliphatic rings. The van der Waals surface area contributed by atoms with E-state index in [0.29, 0.717) is 0 Å². The van der Waals surface area contributed by atoms with Crippen molar-refractivity contribution in [1.29, 1.82) is 0 Å². The lowest BCUT2D eigenvalue weighted by molar-refractivity contribution is 0.789. The zero-order valence-corrected chi connectivity index (χ0v) is 6.20.